The van der Waals surface area contributed by atoms with Crippen LogP contribution in [0, 0.1) is 11.3 Å². The van der Waals surface area contributed by atoms with E-state index in [0.717, 1.165) is 0 Å². The van der Waals surface area contributed by atoms with Gasteiger partial charge in [-0.2, -0.15) is 0 Å². The first-order chi connectivity index (χ1) is 13.8. The zero-order valence-corrected chi connectivity index (χ0v) is 17.8. The molecule has 30 heavy (non-hydrogen) atoms. The van der Waals surface area contributed by atoms with Crippen molar-refractivity contribution < 1.29 is 45.2 Å². The summed E-state index contributed by atoms with van der Waals surface area (Å²) in [5.74, 6) is -0.439. The van der Waals surface area contributed by atoms with Crippen LogP contribution < -0.4 is 0 Å². The smallest absolute Gasteiger partial charge is 0.187 e. The largest absolute Gasteiger partial charge is 0.394 e. The van der Waals surface area contributed by atoms with E-state index in [1.54, 1.807) is 13.8 Å². The summed E-state index contributed by atoms with van der Waals surface area (Å²) in [5.41, 5.74) is -2.92. The monoisotopic (exact) mass is 432 g/mol. The number of hydrogen-bond acceptors (Lipinski definition) is 9. The summed E-state index contributed by atoms with van der Waals surface area (Å²) in [7, 11) is 0. The molecular weight excluding hydrogens is 396 g/mol. The Bertz CT molecular complexity index is 656. The zero-order chi connectivity index (χ0) is 22.6. The van der Waals surface area contributed by atoms with Gasteiger partial charge in [-0.1, -0.05) is 13.5 Å². The molecule has 0 aromatic rings. The van der Waals surface area contributed by atoms with E-state index in [1.807, 2.05) is 6.92 Å². The Morgan fingerprint density at radius 1 is 1.03 bits per heavy atom. The molecule has 11 atom stereocenters. The molecule has 9 nitrogen and oxygen atoms in total. The van der Waals surface area contributed by atoms with Crippen molar-refractivity contribution >= 4 is 0 Å². The molecule has 11 unspecified atom stereocenters. The number of hydrogen-bond donors (Lipinski definition) is 7. The molecular formula is C21H36O9. The third-order valence-corrected chi connectivity index (χ3v) is 7.87. The molecule has 9 heteroatoms. The van der Waals surface area contributed by atoms with Crippen LogP contribution in [0.25, 0.3) is 0 Å². The summed E-state index contributed by atoms with van der Waals surface area (Å²) in [6.07, 6.45) is -7.89. The van der Waals surface area contributed by atoms with Crippen LogP contribution in [0.3, 0.4) is 0 Å². The lowest BCUT2D eigenvalue weighted by Crippen LogP contribution is -2.68. The number of fused-ring (bicyclic) bond motifs is 1. The molecule has 3 rings (SSSR count). The lowest BCUT2D eigenvalue weighted by Gasteiger charge is -2.61. The minimum atomic E-state index is -1.60. The van der Waals surface area contributed by atoms with Crippen LogP contribution in [0.2, 0.25) is 0 Å². The molecule has 1 heterocycles. The number of aliphatic hydroxyl groups excluding tert-OH is 6. The second-order valence-corrected chi connectivity index (χ2v) is 9.89. The van der Waals surface area contributed by atoms with E-state index in [-0.39, 0.29) is 12.8 Å². The van der Waals surface area contributed by atoms with Crippen molar-refractivity contribution in [2.45, 2.75) is 101 Å². The summed E-state index contributed by atoms with van der Waals surface area (Å²) < 4.78 is 11.6. The predicted octanol–water partition coefficient (Wildman–Crippen LogP) is -1.20. The number of ether oxygens (including phenoxy) is 2. The molecule has 7 N–H and O–H groups in total. The molecule has 0 amide bonds. The van der Waals surface area contributed by atoms with Crippen molar-refractivity contribution in [3.63, 3.8) is 0 Å². The third kappa shape index (κ3) is 3.64. The van der Waals surface area contributed by atoms with Crippen LogP contribution in [0.1, 0.15) is 46.5 Å². The quantitative estimate of drug-likeness (QED) is 0.271. The van der Waals surface area contributed by atoms with E-state index in [0.29, 0.717) is 18.4 Å². The minimum Gasteiger partial charge on any atom is -0.394 e. The van der Waals surface area contributed by atoms with Gasteiger partial charge in [-0.25, -0.2) is 0 Å². The summed E-state index contributed by atoms with van der Waals surface area (Å²) in [6.45, 7) is 8.51. The summed E-state index contributed by atoms with van der Waals surface area (Å²) in [6, 6.07) is 0. The van der Waals surface area contributed by atoms with Crippen molar-refractivity contribution in [3.05, 3.63) is 12.2 Å². The van der Waals surface area contributed by atoms with Gasteiger partial charge >= 0.3 is 0 Å². The lowest BCUT2D eigenvalue weighted by molar-refractivity contribution is -0.356. The van der Waals surface area contributed by atoms with Gasteiger partial charge in [0, 0.05) is 0 Å². The molecule has 0 aromatic heterocycles. The molecule has 0 aromatic carbocycles. The Balaban J connectivity index is 1.94. The fraction of sp³-hybridized carbons (Fsp3) is 0.905. The van der Waals surface area contributed by atoms with Gasteiger partial charge in [-0.15, -0.1) is 0 Å². The van der Waals surface area contributed by atoms with Crippen molar-refractivity contribution in [2.24, 2.45) is 11.3 Å². The van der Waals surface area contributed by atoms with Crippen molar-refractivity contribution in [1.82, 2.24) is 0 Å². The van der Waals surface area contributed by atoms with E-state index in [1.165, 1.54) is 0 Å². The Labute approximate surface area is 176 Å². The van der Waals surface area contributed by atoms with Gasteiger partial charge in [0.05, 0.1) is 24.4 Å². The SMILES string of the molecule is C=C(C)C1(O)CC2C(C)(CCC(O)C2(C)OC2OC(CO)C(O)C(O)C2O)CC1O. The molecule has 1 aliphatic heterocycles. The van der Waals surface area contributed by atoms with Crippen molar-refractivity contribution in [3.8, 4) is 0 Å². The van der Waals surface area contributed by atoms with Gasteiger partial charge in [0.25, 0.3) is 0 Å². The lowest BCUT2D eigenvalue weighted by atomic mass is 9.50. The van der Waals surface area contributed by atoms with Gasteiger partial charge in [-0.3, -0.25) is 0 Å². The van der Waals surface area contributed by atoms with E-state index in [9.17, 15) is 35.7 Å². The van der Waals surface area contributed by atoms with Crippen LogP contribution in [-0.4, -0.2) is 96.5 Å². The van der Waals surface area contributed by atoms with Gasteiger partial charge < -0.3 is 45.2 Å². The highest BCUT2D eigenvalue weighted by molar-refractivity contribution is 5.21. The van der Waals surface area contributed by atoms with Gasteiger partial charge in [0.2, 0.25) is 0 Å². The highest BCUT2D eigenvalue weighted by atomic mass is 16.7. The second kappa shape index (κ2) is 8.06. The highest BCUT2D eigenvalue weighted by Gasteiger charge is 2.63. The maximum absolute atomic E-state index is 11.1. The Morgan fingerprint density at radius 2 is 1.67 bits per heavy atom. The molecule has 174 valence electrons. The molecule has 2 aliphatic carbocycles. The zero-order valence-electron chi connectivity index (χ0n) is 17.8. The standard InChI is InChI=1S/C21H36O9/c1-10(2)21(28)7-12-19(3,8-14(21)24)6-5-13(23)20(12,4)30-18-17(27)16(26)15(25)11(9-22)29-18/h11-18,22-28H,1,5-9H2,2-4H3. The Morgan fingerprint density at radius 3 is 2.23 bits per heavy atom. The summed E-state index contributed by atoms with van der Waals surface area (Å²) in [4.78, 5) is 0. The fourth-order valence-corrected chi connectivity index (χ4v) is 5.64. The fourth-order valence-electron chi connectivity index (χ4n) is 5.64. The second-order valence-electron chi connectivity index (χ2n) is 9.89. The van der Waals surface area contributed by atoms with E-state index in [2.05, 4.69) is 6.58 Å². The molecule has 0 bridgehead atoms. The van der Waals surface area contributed by atoms with Crippen LogP contribution >= 0.6 is 0 Å². The van der Waals surface area contributed by atoms with Crippen molar-refractivity contribution in [2.75, 3.05) is 6.61 Å². The highest BCUT2D eigenvalue weighted by Crippen LogP contribution is 2.58. The first-order valence-corrected chi connectivity index (χ1v) is 10.5. The normalized spacial score (nSPS) is 54.5. The minimum absolute atomic E-state index is 0.0883. The molecule has 1 saturated heterocycles. The Kier molecular flexibility index (Phi) is 6.46. The van der Waals surface area contributed by atoms with E-state index < -0.39 is 72.1 Å². The average Bonchev–Trinajstić information content (AvgIpc) is 2.68. The van der Waals surface area contributed by atoms with Gasteiger partial charge in [0.1, 0.15) is 30.0 Å². The van der Waals surface area contributed by atoms with Crippen molar-refractivity contribution in [1.29, 1.82) is 0 Å². The topological polar surface area (TPSA) is 160 Å². The van der Waals surface area contributed by atoms with E-state index >= 15 is 0 Å². The maximum Gasteiger partial charge on any atom is 0.187 e. The van der Waals surface area contributed by atoms with Gasteiger partial charge in [-0.05, 0) is 56.4 Å². The van der Waals surface area contributed by atoms with Crippen LogP contribution in [0.4, 0.5) is 0 Å². The number of rotatable bonds is 4. The predicted molar refractivity (Wildman–Crippen MR) is 105 cm³/mol. The Hall–Kier alpha value is -0.620. The average molecular weight is 433 g/mol. The summed E-state index contributed by atoms with van der Waals surface area (Å²) >= 11 is 0. The van der Waals surface area contributed by atoms with Crippen LogP contribution in [0.15, 0.2) is 12.2 Å². The molecule has 3 fully saturated rings. The van der Waals surface area contributed by atoms with Crippen LogP contribution in [0.5, 0.6) is 0 Å². The van der Waals surface area contributed by atoms with E-state index in [4.69, 9.17) is 9.47 Å². The molecule has 0 spiro atoms. The van der Waals surface area contributed by atoms with Gasteiger partial charge in [0.15, 0.2) is 6.29 Å². The molecule has 3 aliphatic rings. The molecule has 2 saturated carbocycles. The maximum atomic E-state index is 11.1. The first kappa shape index (κ1) is 24.0. The third-order valence-electron chi connectivity index (χ3n) is 7.87. The molecule has 0 radical (unpaired) electrons. The summed E-state index contributed by atoms with van der Waals surface area (Å²) in [5, 5.41) is 72.7. The van der Waals surface area contributed by atoms with Crippen LogP contribution in [-0.2, 0) is 9.47 Å². The first-order valence-electron chi connectivity index (χ1n) is 10.5. The number of aliphatic hydroxyl groups is 7.